The molecule has 0 unspecified atom stereocenters. The highest BCUT2D eigenvalue weighted by molar-refractivity contribution is 6.06. The van der Waals surface area contributed by atoms with Crippen LogP contribution < -0.4 is 0 Å². The number of hydrogen-bond donors (Lipinski definition) is 0. The minimum absolute atomic E-state index is 0.0692. The Balaban J connectivity index is 1.85. The van der Waals surface area contributed by atoms with Gasteiger partial charge in [0.05, 0.1) is 0 Å². The standard InChI is InChI=1S/C22H16O2/c23-21-11-3-5-15-13-17(21)7-1-9-19(15)20-10-2-8-18-14-16(20)6-4-12-22(18)24/h1-12H,13-14H2/b20-19+. The van der Waals surface area contributed by atoms with Gasteiger partial charge in [0.1, 0.15) is 0 Å². The maximum absolute atomic E-state index is 12.1. The number of carbonyl (C=O) groups is 2. The minimum atomic E-state index is 0.0692. The first kappa shape index (κ1) is 14.6. The summed E-state index contributed by atoms with van der Waals surface area (Å²) in [5.74, 6) is 0.138. The van der Waals surface area contributed by atoms with Crippen molar-refractivity contribution in [3.05, 3.63) is 106 Å². The molecule has 0 aliphatic heterocycles. The molecule has 0 aromatic carbocycles. The van der Waals surface area contributed by atoms with E-state index in [2.05, 4.69) is 12.2 Å². The lowest BCUT2D eigenvalue weighted by atomic mass is 9.89. The third kappa shape index (κ3) is 2.56. The smallest absolute Gasteiger partial charge is 0.182 e. The van der Waals surface area contributed by atoms with E-state index in [0.29, 0.717) is 12.8 Å². The fourth-order valence-electron chi connectivity index (χ4n) is 3.33. The normalized spacial score (nSPS) is 25.2. The number of allylic oxidation sites excluding steroid dienone is 18. The molecule has 2 nitrogen and oxygen atoms in total. The number of carbonyl (C=O) groups excluding carboxylic acids is 2. The molecule has 0 radical (unpaired) electrons. The summed E-state index contributed by atoms with van der Waals surface area (Å²) in [6.07, 6.45) is 24.0. The number of rotatable bonds is 0. The van der Waals surface area contributed by atoms with Crippen LogP contribution in [0.1, 0.15) is 12.8 Å². The van der Waals surface area contributed by atoms with Crippen LogP contribution in [0.4, 0.5) is 0 Å². The lowest BCUT2D eigenvalue weighted by molar-refractivity contribution is -0.112. The van der Waals surface area contributed by atoms with Crippen molar-refractivity contribution in [3.8, 4) is 0 Å². The highest BCUT2D eigenvalue weighted by Crippen LogP contribution is 2.35. The first-order valence-electron chi connectivity index (χ1n) is 8.05. The summed E-state index contributed by atoms with van der Waals surface area (Å²) >= 11 is 0. The first-order valence-corrected chi connectivity index (χ1v) is 8.05. The average Bonchev–Trinajstić information content (AvgIpc) is 3.04. The Kier molecular flexibility index (Phi) is 3.58. The second-order valence-electron chi connectivity index (χ2n) is 6.11. The zero-order chi connectivity index (χ0) is 16.5. The van der Waals surface area contributed by atoms with Gasteiger partial charge in [0.15, 0.2) is 11.6 Å². The molecule has 0 heterocycles. The van der Waals surface area contributed by atoms with E-state index < -0.39 is 0 Å². The van der Waals surface area contributed by atoms with E-state index in [9.17, 15) is 9.59 Å². The molecule has 0 saturated carbocycles. The Hall–Kier alpha value is -3.00. The Labute approximate surface area is 140 Å². The molecule has 4 aliphatic carbocycles. The maximum atomic E-state index is 12.1. The van der Waals surface area contributed by atoms with Gasteiger partial charge in [-0.3, -0.25) is 9.59 Å². The van der Waals surface area contributed by atoms with E-state index in [0.717, 1.165) is 33.4 Å². The second kappa shape index (κ2) is 5.89. The Morgan fingerprint density at radius 2 is 0.875 bits per heavy atom. The molecule has 4 bridgehead atoms. The van der Waals surface area contributed by atoms with Gasteiger partial charge in [-0.1, -0.05) is 60.8 Å². The Morgan fingerprint density at radius 1 is 0.500 bits per heavy atom. The molecule has 0 aromatic rings. The molecule has 0 fully saturated rings. The molecule has 0 saturated heterocycles. The number of hydrogen-bond acceptors (Lipinski definition) is 2. The van der Waals surface area contributed by atoms with E-state index in [1.807, 2.05) is 48.6 Å². The Morgan fingerprint density at radius 3 is 1.33 bits per heavy atom. The molecular formula is C22H16O2. The van der Waals surface area contributed by atoms with Gasteiger partial charge < -0.3 is 0 Å². The van der Waals surface area contributed by atoms with Crippen molar-refractivity contribution >= 4 is 11.6 Å². The van der Waals surface area contributed by atoms with Crippen LogP contribution in [0.3, 0.4) is 0 Å². The van der Waals surface area contributed by atoms with Gasteiger partial charge in [0, 0.05) is 24.0 Å². The summed E-state index contributed by atoms with van der Waals surface area (Å²) in [6.45, 7) is 0. The largest absolute Gasteiger partial charge is 0.290 e. The highest BCUT2D eigenvalue weighted by atomic mass is 16.1. The van der Waals surface area contributed by atoms with Crippen LogP contribution >= 0.6 is 0 Å². The zero-order valence-electron chi connectivity index (χ0n) is 13.2. The van der Waals surface area contributed by atoms with Crippen molar-refractivity contribution in [2.24, 2.45) is 0 Å². The topological polar surface area (TPSA) is 34.1 Å². The van der Waals surface area contributed by atoms with Crippen molar-refractivity contribution in [2.75, 3.05) is 0 Å². The predicted octanol–water partition coefficient (Wildman–Crippen LogP) is 4.19. The molecule has 0 spiro atoms. The fourth-order valence-corrected chi connectivity index (χ4v) is 3.33. The van der Waals surface area contributed by atoms with E-state index in [1.54, 1.807) is 12.2 Å². The predicted molar refractivity (Wildman–Crippen MR) is 95.2 cm³/mol. The van der Waals surface area contributed by atoms with Crippen molar-refractivity contribution < 1.29 is 9.59 Å². The molecule has 0 atom stereocenters. The van der Waals surface area contributed by atoms with Gasteiger partial charge >= 0.3 is 0 Å². The SMILES string of the molecule is O=C1C=CC=C2CC1=CC=C/C2=C1/C=CC=C2CC1=CC=CC2=O. The molecule has 0 aromatic heterocycles. The lowest BCUT2D eigenvalue weighted by Gasteiger charge is -2.14. The van der Waals surface area contributed by atoms with Gasteiger partial charge in [0.2, 0.25) is 0 Å². The molecule has 2 heteroatoms. The molecule has 4 aliphatic rings. The van der Waals surface area contributed by atoms with Crippen LogP contribution in [-0.2, 0) is 9.59 Å². The summed E-state index contributed by atoms with van der Waals surface area (Å²) in [4.78, 5) is 24.1. The molecule has 0 N–H and O–H groups in total. The Bertz CT molecular complexity index is 843. The monoisotopic (exact) mass is 312 g/mol. The molecule has 4 rings (SSSR count). The summed E-state index contributed by atoms with van der Waals surface area (Å²) in [7, 11) is 0. The summed E-state index contributed by atoms with van der Waals surface area (Å²) in [6, 6.07) is 0. The summed E-state index contributed by atoms with van der Waals surface area (Å²) in [5, 5.41) is 0. The third-order valence-electron chi connectivity index (χ3n) is 4.59. The van der Waals surface area contributed by atoms with E-state index >= 15 is 0 Å². The van der Waals surface area contributed by atoms with Gasteiger partial charge in [0.25, 0.3) is 0 Å². The fraction of sp³-hybridized carbons (Fsp3) is 0.0909. The molecule has 116 valence electrons. The van der Waals surface area contributed by atoms with Crippen LogP contribution in [-0.4, -0.2) is 11.6 Å². The zero-order valence-corrected chi connectivity index (χ0v) is 13.2. The maximum Gasteiger partial charge on any atom is 0.182 e. The van der Waals surface area contributed by atoms with Crippen LogP contribution in [0.2, 0.25) is 0 Å². The van der Waals surface area contributed by atoms with E-state index in [-0.39, 0.29) is 11.6 Å². The molecule has 24 heavy (non-hydrogen) atoms. The number of fused-ring (bicyclic) bond motifs is 4. The van der Waals surface area contributed by atoms with Crippen molar-refractivity contribution in [1.29, 1.82) is 0 Å². The van der Waals surface area contributed by atoms with Crippen molar-refractivity contribution in [1.82, 2.24) is 0 Å². The van der Waals surface area contributed by atoms with Crippen LogP contribution in [0, 0.1) is 0 Å². The quantitative estimate of drug-likeness (QED) is 0.672. The average molecular weight is 312 g/mol. The molecular weight excluding hydrogens is 296 g/mol. The summed E-state index contributed by atoms with van der Waals surface area (Å²) in [5.41, 5.74) is 6.09. The van der Waals surface area contributed by atoms with Crippen LogP contribution in [0.25, 0.3) is 0 Å². The minimum Gasteiger partial charge on any atom is -0.290 e. The van der Waals surface area contributed by atoms with Gasteiger partial charge in [-0.05, 0) is 34.4 Å². The van der Waals surface area contributed by atoms with Gasteiger partial charge in [-0.15, -0.1) is 0 Å². The van der Waals surface area contributed by atoms with Crippen LogP contribution in [0.5, 0.6) is 0 Å². The summed E-state index contributed by atoms with van der Waals surface area (Å²) < 4.78 is 0. The van der Waals surface area contributed by atoms with E-state index in [1.165, 1.54) is 0 Å². The van der Waals surface area contributed by atoms with E-state index in [4.69, 9.17) is 0 Å². The van der Waals surface area contributed by atoms with Crippen LogP contribution in [0.15, 0.2) is 106 Å². The van der Waals surface area contributed by atoms with Crippen molar-refractivity contribution in [2.45, 2.75) is 12.8 Å². The van der Waals surface area contributed by atoms with Gasteiger partial charge in [-0.2, -0.15) is 0 Å². The molecule has 0 amide bonds. The number of ketones is 2. The highest BCUT2D eigenvalue weighted by Gasteiger charge is 2.21. The second-order valence-corrected chi connectivity index (χ2v) is 6.11. The first-order chi connectivity index (χ1) is 11.7. The third-order valence-corrected chi connectivity index (χ3v) is 4.59. The van der Waals surface area contributed by atoms with Crippen molar-refractivity contribution in [3.63, 3.8) is 0 Å². The lowest BCUT2D eigenvalue weighted by Crippen LogP contribution is -2.01. The van der Waals surface area contributed by atoms with Gasteiger partial charge in [-0.25, -0.2) is 0 Å².